The van der Waals surface area contributed by atoms with E-state index in [1.54, 1.807) is 10.4 Å². The second kappa shape index (κ2) is 8.09. The average molecular weight is 379 g/mol. The third kappa shape index (κ3) is 4.12. The van der Waals surface area contributed by atoms with Crippen molar-refractivity contribution in [2.75, 3.05) is 26.2 Å². The van der Waals surface area contributed by atoms with Gasteiger partial charge in [-0.25, -0.2) is 8.42 Å². The first kappa shape index (κ1) is 19.4. The highest BCUT2D eigenvalue weighted by Crippen LogP contribution is 2.27. The molecule has 0 saturated carbocycles. The molecule has 0 N–H and O–H groups in total. The SMILES string of the molecule is Cc1ccc(C)c(S(=O)(=O)N2CCC(C(=O)N3CCCCCC3)CC2)c1. The Morgan fingerprint density at radius 1 is 0.962 bits per heavy atom. The van der Waals surface area contributed by atoms with Gasteiger partial charge >= 0.3 is 0 Å². The quantitative estimate of drug-likeness (QED) is 0.812. The lowest BCUT2D eigenvalue weighted by molar-refractivity contribution is -0.136. The molecular weight excluding hydrogens is 348 g/mol. The van der Waals surface area contributed by atoms with Gasteiger partial charge in [-0.15, -0.1) is 0 Å². The molecule has 2 aliphatic heterocycles. The molecule has 2 heterocycles. The molecule has 144 valence electrons. The van der Waals surface area contributed by atoms with Crippen LogP contribution in [0.2, 0.25) is 0 Å². The number of piperidine rings is 1. The molecule has 0 unspecified atom stereocenters. The smallest absolute Gasteiger partial charge is 0.243 e. The lowest BCUT2D eigenvalue weighted by Gasteiger charge is -2.33. The number of amides is 1. The van der Waals surface area contributed by atoms with Gasteiger partial charge in [0.05, 0.1) is 4.90 Å². The summed E-state index contributed by atoms with van der Waals surface area (Å²) < 4.78 is 27.6. The fourth-order valence-electron chi connectivity index (χ4n) is 4.02. The Bertz CT molecular complexity index is 744. The van der Waals surface area contributed by atoms with Crippen molar-refractivity contribution in [3.05, 3.63) is 29.3 Å². The Morgan fingerprint density at radius 3 is 2.19 bits per heavy atom. The molecule has 5 nitrogen and oxygen atoms in total. The molecule has 26 heavy (non-hydrogen) atoms. The summed E-state index contributed by atoms with van der Waals surface area (Å²) in [6.45, 7) is 6.33. The summed E-state index contributed by atoms with van der Waals surface area (Å²) in [5.74, 6) is 0.203. The van der Waals surface area contributed by atoms with Crippen molar-refractivity contribution in [1.29, 1.82) is 0 Å². The topological polar surface area (TPSA) is 57.7 Å². The molecule has 0 aliphatic carbocycles. The standard InChI is InChI=1S/C20H30N2O3S/c1-16-7-8-17(2)19(15-16)26(24,25)22-13-9-18(10-14-22)20(23)21-11-5-3-4-6-12-21/h7-8,15,18H,3-6,9-14H2,1-2H3. The van der Waals surface area contributed by atoms with E-state index < -0.39 is 10.0 Å². The molecule has 1 aromatic carbocycles. The van der Waals surface area contributed by atoms with E-state index in [1.807, 2.05) is 30.9 Å². The van der Waals surface area contributed by atoms with Crippen molar-refractivity contribution in [2.45, 2.75) is 57.3 Å². The van der Waals surface area contributed by atoms with Crippen LogP contribution in [0, 0.1) is 19.8 Å². The van der Waals surface area contributed by atoms with E-state index in [0.29, 0.717) is 30.8 Å². The zero-order chi connectivity index (χ0) is 18.7. The molecule has 0 radical (unpaired) electrons. The number of sulfonamides is 1. The Labute approximate surface area is 157 Å². The number of carbonyl (C=O) groups excluding carboxylic acids is 1. The summed E-state index contributed by atoms with van der Waals surface area (Å²) in [6, 6.07) is 5.54. The second-order valence-electron chi connectivity index (χ2n) is 7.69. The maximum atomic E-state index is 13.0. The maximum absolute atomic E-state index is 13.0. The highest BCUT2D eigenvalue weighted by atomic mass is 32.2. The molecular formula is C20H30N2O3S. The third-order valence-corrected chi connectivity index (χ3v) is 7.72. The Hall–Kier alpha value is -1.40. The van der Waals surface area contributed by atoms with Crippen molar-refractivity contribution < 1.29 is 13.2 Å². The van der Waals surface area contributed by atoms with Crippen LogP contribution in [0.4, 0.5) is 0 Å². The predicted molar refractivity (Wildman–Crippen MR) is 102 cm³/mol. The lowest BCUT2D eigenvalue weighted by atomic mass is 9.96. The van der Waals surface area contributed by atoms with Crippen LogP contribution < -0.4 is 0 Å². The van der Waals surface area contributed by atoms with Crippen LogP contribution in [0.1, 0.15) is 49.7 Å². The minimum atomic E-state index is -3.49. The van der Waals surface area contributed by atoms with Crippen LogP contribution in [0.15, 0.2) is 23.1 Å². The molecule has 0 atom stereocenters. The van der Waals surface area contributed by atoms with Crippen LogP contribution in [0.5, 0.6) is 0 Å². The molecule has 1 aromatic rings. The Kier molecular flexibility index (Phi) is 6.03. The van der Waals surface area contributed by atoms with E-state index in [9.17, 15) is 13.2 Å². The number of aryl methyl sites for hydroxylation is 2. The Morgan fingerprint density at radius 2 is 1.58 bits per heavy atom. The molecule has 2 saturated heterocycles. The van der Waals surface area contributed by atoms with Crippen molar-refractivity contribution in [2.24, 2.45) is 5.92 Å². The number of hydrogen-bond donors (Lipinski definition) is 0. The second-order valence-corrected chi connectivity index (χ2v) is 9.59. The summed E-state index contributed by atoms with van der Waals surface area (Å²) in [4.78, 5) is 15.2. The van der Waals surface area contributed by atoms with E-state index in [4.69, 9.17) is 0 Å². The van der Waals surface area contributed by atoms with Gasteiger partial charge < -0.3 is 4.90 Å². The monoisotopic (exact) mass is 378 g/mol. The molecule has 1 amide bonds. The number of likely N-dealkylation sites (tertiary alicyclic amines) is 1. The highest BCUT2D eigenvalue weighted by Gasteiger charge is 2.34. The van der Waals surface area contributed by atoms with Gasteiger partial charge in [-0.05, 0) is 56.7 Å². The van der Waals surface area contributed by atoms with Crippen LogP contribution in [0.25, 0.3) is 0 Å². The fraction of sp³-hybridized carbons (Fsp3) is 0.650. The number of rotatable bonds is 3. The van der Waals surface area contributed by atoms with E-state index in [2.05, 4.69) is 0 Å². The number of nitrogens with zero attached hydrogens (tertiary/aromatic N) is 2. The van der Waals surface area contributed by atoms with Crippen LogP contribution >= 0.6 is 0 Å². The first-order valence-electron chi connectivity index (χ1n) is 9.76. The molecule has 0 bridgehead atoms. The van der Waals surface area contributed by atoms with Gasteiger partial charge in [-0.3, -0.25) is 4.79 Å². The zero-order valence-electron chi connectivity index (χ0n) is 15.9. The van der Waals surface area contributed by atoms with Crippen molar-refractivity contribution in [3.8, 4) is 0 Å². The first-order chi connectivity index (χ1) is 12.4. The minimum Gasteiger partial charge on any atom is -0.342 e. The van der Waals surface area contributed by atoms with Gasteiger partial charge in [0, 0.05) is 32.1 Å². The van der Waals surface area contributed by atoms with E-state index >= 15 is 0 Å². The molecule has 0 aromatic heterocycles. The summed E-state index contributed by atoms with van der Waals surface area (Å²) >= 11 is 0. The van der Waals surface area contributed by atoms with Gasteiger partial charge in [0.25, 0.3) is 0 Å². The maximum Gasteiger partial charge on any atom is 0.243 e. The third-order valence-electron chi connectivity index (χ3n) is 5.68. The number of benzene rings is 1. The Balaban J connectivity index is 1.66. The minimum absolute atomic E-state index is 0.0295. The average Bonchev–Trinajstić information content (AvgIpc) is 2.92. The largest absolute Gasteiger partial charge is 0.342 e. The molecule has 3 rings (SSSR count). The highest BCUT2D eigenvalue weighted by molar-refractivity contribution is 7.89. The van der Waals surface area contributed by atoms with Crippen molar-refractivity contribution in [3.63, 3.8) is 0 Å². The molecule has 2 aliphatic rings. The van der Waals surface area contributed by atoms with Gasteiger partial charge in [0.2, 0.25) is 15.9 Å². The van der Waals surface area contributed by atoms with E-state index in [0.717, 1.165) is 37.1 Å². The number of carbonyl (C=O) groups is 1. The van der Waals surface area contributed by atoms with E-state index in [1.165, 1.54) is 12.8 Å². The number of hydrogen-bond acceptors (Lipinski definition) is 3. The normalized spacial score (nSPS) is 20.8. The van der Waals surface area contributed by atoms with Crippen LogP contribution in [-0.2, 0) is 14.8 Å². The van der Waals surface area contributed by atoms with Gasteiger partial charge in [-0.1, -0.05) is 25.0 Å². The summed E-state index contributed by atoms with van der Waals surface area (Å²) in [6.07, 6.45) is 5.84. The summed E-state index contributed by atoms with van der Waals surface area (Å²) in [5, 5.41) is 0. The van der Waals surface area contributed by atoms with E-state index in [-0.39, 0.29) is 11.8 Å². The lowest BCUT2D eigenvalue weighted by Crippen LogP contribution is -2.44. The summed E-state index contributed by atoms with van der Waals surface area (Å²) in [7, 11) is -3.49. The van der Waals surface area contributed by atoms with Crippen molar-refractivity contribution in [1.82, 2.24) is 9.21 Å². The zero-order valence-corrected chi connectivity index (χ0v) is 16.7. The van der Waals surface area contributed by atoms with Crippen LogP contribution in [-0.4, -0.2) is 49.7 Å². The first-order valence-corrected chi connectivity index (χ1v) is 11.2. The molecule has 6 heteroatoms. The van der Waals surface area contributed by atoms with Crippen molar-refractivity contribution >= 4 is 15.9 Å². The molecule has 2 fully saturated rings. The van der Waals surface area contributed by atoms with Gasteiger partial charge in [0.1, 0.15) is 0 Å². The molecule has 0 spiro atoms. The van der Waals surface area contributed by atoms with Crippen LogP contribution in [0.3, 0.4) is 0 Å². The fourth-order valence-corrected chi connectivity index (χ4v) is 5.80. The summed E-state index contributed by atoms with van der Waals surface area (Å²) in [5.41, 5.74) is 1.72. The van der Waals surface area contributed by atoms with Gasteiger partial charge in [0.15, 0.2) is 0 Å². The predicted octanol–water partition coefficient (Wildman–Crippen LogP) is 3.11. The van der Waals surface area contributed by atoms with Gasteiger partial charge in [-0.2, -0.15) is 4.31 Å².